The molecular formula is C29H35FO3Si. The Morgan fingerprint density at radius 1 is 0.824 bits per heavy atom. The monoisotopic (exact) mass is 478 g/mol. The minimum absolute atomic E-state index is 0.0300. The lowest BCUT2D eigenvalue weighted by atomic mass is 10.1. The molecule has 0 spiro atoms. The zero-order chi connectivity index (χ0) is 24.0. The number of ether oxygens (including phenoxy) is 2. The molecule has 0 radical (unpaired) electrons. The molecule has 1 aliphatic rings. The maximum atomic E-state index is 13.1. The van der Waals surface area contributed by atoms with E-state index in [2.05, 4.69) is 81.4 Å². The average Bonchev–Trinajstić information content (AvgIpc) is 3.29. The Morgan fingerprint density at radius 2 is 1.38 bits per heavy atom. The molecule has 1 saturated heterocycles. The van der Waals surface area contributed by atoms with Gasteiger partial charge in [0.05, 0.1) is 12.2 Å². The Bertz CT molecular complexity index is 979. The van der Waals surface area contributed by atoms with E-state index in [9.17, 15) is 4.39 Å². The van der Waals surface area contributed by atoms with Gasteiger partial charge < -0.3 is 13.9 Å². The van der Waals surface area contributed by atoms with Crippen molar-refractivity contribution in [1.29, 1.82) is 0 Å². The zero-order valence-electron chi connectivity index (χ0n) is 20.4. The van der Waals surface area contributed by atoms with Crippen molar-refractivity contribution in [1.82, 2.24) is 0 Å². The second-order valence-electron chi connectivity index (χ2n) is 10.0. The van der Waals surface area contributed by atoms with Gasteiger partial charge in [-0.3, -0.25) is 0 Å². The summed E-state index contributed by atoms with van der Waals surface area (Å²) in [5.41, 5.74) is 0. The molecule has 1 fully saturated rings. The summed E-state index contributed by atoms with van der Waals surface area (Å²) in [4.78, 5) is 0. The third-order valence-corrected chi connectivity index (χ3v) is 11.7. The molecule has 0 bridgehead atoms. The van der Waals surface area contributed by atoms with E-state index in [4.69, 9.17) is 13.9 Å². The fourth-order valence-electron chi connectivity index (χ4n) is 4.94. The van der Waals surface area contributed by atoms with Crippen LogP contribution < -0.4 is 15.1 Å². The molecule has 3 nitrogen and oxygen atoms in total. The quantitative estimate of drug-likeness (QED) is 0.368. The van der Waals surface area contributed by atoms with E-state index in [1.807, 2.05) is 0 Å². The van der Waals surface area contributed by atoms with Crippen LogP contribution in [-0.2, 0) is 9.16 Å². The van der Waals surface area contributed by atoms with Crippen LogP contribution in [0.25, 0.3) is 0 Å². The lowest BCUT2D eigenvalue weighted by Gasteiger charge is -2.43. The molecule has 3 aromatic rings. The lowest BCUT2D eigenvalue weighted by Crippen LogP contribution is -2.66. The standard InChI is InChI=1S/C29H35FO3Si/c1-29(2,3)34(27-10-6-4-7-11-27,28-12-8-5-9-13-28)32-21-20-25-18-19-26(33-25)22-31-24-16-14-23(30)15-17-24/h4-17,25-26H,18-22H2,1-3H3/t25-,26-/m0/s1. The maximum absolute atomic E-state index is 13.1. The minimum atomic E-state index is -2.51. The molecule has 0 saturated carbocycles. The summed E-state index contributed by atoms with van der Waals surface area (Å²) >= 11 is 0. The molecular weight excluding hydrogens is 443 g/mol. The van der Waals surface area contributed by atoms with E-state index in [0.717, 1.165) is 19.3 Å². The van der Waals surface area contributed by atoms with Gasteiger partial charge in [0, 0.05) is 6.61 Å². The summed E-state index contributed by atoms with van der Waals surface area (Å²) in [5.74, 6) is 0.411. The van der Waals surface area contributed by atoms with Crippen LogP contribution >= 0.6 is 0 Å². The van der Waals surface area contributed by atoms with Gasteiger partial charge in [-0.2, -0.15) is 0 Å². The summed E-state index contributed by atoms with van der Waals surface area (Å²) in [5, 5.41) is 2.57. The first-order valence-electron chi connectivity index (χ1n) is 12.2. The third kappa shape index (κ3) is 5.60. The van der Waals surface area contributed by atoms with E-state index in [1.165, 1.54) is 22.5 Å². The van der Waals surface area contributed by atoms with Gasteiger partial charge in [0.15, 0.2) is 0 Å². The van der Waals surface area contributed by atoms with Crippen LogP contribution in [0.5, 0.6) is 5.75 Å². The molecule has 1 aliphatic heterocycles. The van der Waals surface area contributed by atoms with E-state index >= 15 is 0 Å². The van der Waals surface area contributed by atoms with Gasteiger partial charge in [0.2, 0.25) is 0 Å². The molecule has 0 unspecified atom stereocenters. The highest BCUT2D eigenvalue weighted by molar-refractivity contribution is 6.99. The molecule has 5 heteroatoms. The SMILES string of the molecule is CC(C)(C)[Si](OCC[C@@H]1CC[C@@H](COc2ccc(F)cc2)O1)(c1ccccc1)c1ccccc1. The summed E-state index contributed by atoms with van der Waals surface area (Å²) in [6, 6.07) is 27.6. The van der Waals surface area contributed by atoms with Crippen molar-refractivity contribution >= 4 is 18.7 Å². The molecule has 1 heterocycles. The van der Waals surface area contributed by atoms with Crippen LogP contribution in [0.4, 0.5) is 4.39 Å². The first-order valence-corrected chi connectivity index (χ1v) is 14.1. The van der Waals surface area contributed by atoms with Gasteiger partial charge in [-0.05, 0) is 58.9 Å². The minimum Gasteiger partial charge on any atom is -0.491 e. The Morgan fingerprint density at radius 3 is 1.94 bits per heavy atom. The number of halogens is 1. The van der Waals surface area contributed by atoms with Crippen molar-refractivity contribution in [2.45, 2.75) is 57.3 Å². The largest absolute Gasteiger partial charge is 0.491 e. The topological polar surface area (TPSA) is 27.7 Å². The summed E-state index contributed by atoms with van der Waals surface area (Å²) in [6.45, 7) is 8.04. The maximum Gasteiger partial charge on any atom is 0.261 e. The van der Waals surface area contributed by atoms with Crippen molar-refractivity contribution < 1.29 is 18.3 Å². The highest BCUT2D eigenvalue weighted by Crippen LogP contribution is 2.37. The van der Waals surface area contributed by atoms with Crippen LogP contribution in [0.3, 0.4) is 0 Å². The number of hydrogen-bond acceptors (Lipinski definition) is 3. The number of benzene rings is 3. The highest BCUT2D eigenvalue weighted by Gasteiger charge is 2.50. The summed E-state index contributed by atoms with van der Waals surface area (Å²) in [7, 11) is -2.51. The van der Waals surface area contributed by atoms with Gasteiger partial charge in [-0.15, -0.1) is 0 Å². The van der Waals surface area contributed by atoms with Crippen molar-refractivity contribution in [3.05, 3.63) is 90.7 Å². The van der Waals surface area contributed by atoms with E-state index in [-0.39, 0.29) is 23.1 Å². The fourth-order valence-corrected chi connectivity index (χ4v) is 9.52. The van der Waals surface area contributed by atoms with Crippen LogP contribution in [0, 0.1) is 5.82 Å². The predicted octanol–water partition coefficient (Wildman–Crippen LogP) is 5.72. The van der Waals surface area contributed by atoms with Gasteiger partial charge in [0.25, 0.3) is 8.32 Å². The molecule has 0 aliphatic carbocycles. The third-order valence-electron chi connectivity index (χ3n) is 6.62. The lowest BCUT2D eigenvalue weighted by molar-refractivity contribution is 0.00875. The normalized spacial score (nSPS) is 18.7. The summed E-state index contributed by atoms with van der Waals surface area (Å²) in [6.07, 6.45) is 3.05. The van der Waals surface area contributed by atoms with E-state index in [0.29, 0.717) is 19.0 Å². The highest BCUT2D eigenvalue weighted by atomic mass is 28.4. The molecule has 0 N–H and O–H groups in total. The molecule has 0 amide bonds. The second kappa shape index (κ2) is 10.9. The average molecular weight is 479 g/mol. The molecule has 180 valence electrons. The molecule has 0 aromatic heterocycles. The zero-order valence-corrected chi connectivity index (χ0v) is 21.4. The van der Waals surface area contributed by atoms with Crippen molar-refractivity contribution in [3.63, 3.8) is 0 Å². The van der Waals surface area contributed by atoms with E-state index in [1.54, 1.807) is 12.1 Å². The molecule has 34 heavy (non-hydrogen) atoms. The molecule has 4 rings (SSSR count). The van der Waals surface area contributed by atoms with Gasteiger partial charge in [-0.1, -0.05) is 81.4 Å². The van der Waals surface area contributed by atoms with Crippen molar-refractivity contribution in [3.8, 4) is 5.75 Å². The predicted molar refractivity (Wildman–Crippen MR) is 138 cm³/mol. The number of hydrogen-bond donors (Lipinski definition) is 0. The van der Waals surface area contributed by atoms with Crippen LogP contribution in [0.1, 0.15) is 40.0 Å². The number of rotatable bonds is 9. The molecule has 2 atom stereocenters. The van der Waals surface area contributed by atoms with Crippen LogP contribution in [-0.4, -0.2) is 33.7 Å². The summed E-state index contributed by atoms with van der Waals surface area (Å²) < 4.78 is 32.1. The van der Waals surface area contributed by atoms with Crippen LogP contribution in [0.15, 0.2) is 84.9 Å². The smallest absolute Gasteiger partial charge is 0.261 e. The Balaban J connectivity index is 1.40. The Kier molecular flexibility index (Phi) is 7.86. The van der Waals surface area contributed by atoms with Crippen molar-refractivity contribution in [2.24, 2.45) is 0 Å². The van der Waals surface area contributed by atoms with Gasteiger partial charge in [-0.25, -0.2) is 4.39 Å². The first kappa shape index (κ1) is 24.6. The molecule has 3 aromatic carbocycles. The van der Waals surface area contributed by atoms with Crippen LogP contribution in [0.2, 0.25) is 5.04 Å². The van der Waals surface area contributed by atoms with Gasteiger partial charge >= 0.3 is 0 Å². The first-order chi connectivity index (χ1) is 16.4. The second-order valence-corrected chi connectivity index (χ2v) is 14.3. The van der Waals surface area contributed by atoms with Crippen molar-refractivity contribution in [2.75, 3.05) is 13.2 Å². The Hall–Kier alpha value is -2.47. The fraction of sp³-hybridized carbons (Fsp3) is 0.379. The Labute approximate surface area is 204 Å². The van der Waals surface area contributed by atoms with Gasteiger partial charge in [0.1, 0.15) is 18.2 Å². The van der Waals surface area contributed by atoms with E-state index < -0.39 is 8.32 Å².